The number of alkyl halides is 2. The van der Waals surface area contributed by atoms with Crippen LogP contribution in [-0.4, -0.2) is 33.5 Å². The quantitative estimate of drug-likeness (QED) is 0.791. The lowest BCUT2D eigenvalue weighted by Crippen LogP contribution is -2.23. The predicted octanol–water partition coefficient (Wildman–Crippen LogP) is 3.13. The monoisotopic (exact) mass is 275 g/mol. The Kier molecular flexibility index (Phi) is 6.35. The lowest BCUT2D eigenvalue weighted by atomic mass is 10.2. The molecule has 1 unspecified atom stereocenters. The van der Waals surface area contributed by atoms with Crippen LogP contribution in [0.2, 0.25) is 0 Å². The van der Waals surface area contributed by atoms with Gasteiger partial charge in [-0.05, 0) is 18.6 Å². The molecule has 4 nitrogen and oxygen atoms in total. The zero-order valence-electron chi connectivity index (χ0n) is 11.3. The molecule has 0 saturated heterocycles. The Labute approximate surface area is 111 Å². The highest BCUT2D eigenvalue weighted by atomic mass is 19.3. The second-order valence-corrected chi connectivity index (χ2v) is 3.95. The predicted molar refractivity (Wildman–Crippen MR) is 69.2 cm³/mol. The Balaban J connectivity index is 2.84. The summed E-state index contributed by atoms with van der Waals surface area (Å²) in [6.45, 7) is -0.338. The molecule has 0 heterocycles. The molecule has 0 radical (unpaired) electrons. The molecule has 1 aromatic carbocycles. The maximum absolute atomic E-state index is 12.3. The maximum Gasteiger partial charge on any atom is 0.387 e. The second kappa shape index (κ2) is 7.78. The van der Waals surface area contributed by atoms with Crippen LogP contribution in [0.15, 0.2) is 18.2 Å². The minimum atomic E-state index is -2.88. The zero-order valence-corrected chi connectivity index (χ0v) is 11.3. The van der Waals surface area contributed by atoms with Crippen molar-refractivity contribution in [2.24, 2.45) is 0 Å². The first-order chi connectivity index (χ1) is 9.10. The van der Waals surface area contributed by atoms with Crippen LogP contribution in [0.1, 0.15) is 13.3 Å². The summed E-state index contributed by atoms with van der Waals surface area (Å²) < 4.78 is 39.1. The van der Waals surface area contributed by atoms with Crippen LogP contribution in [-0.2, 0) is 4.74 Å². The molecule has 1 aromatic rings. The molecule has 0 aromatic heterocycles. The third-order valence-electron chi connectivity index (χ3n) is 2.61. The number of ether oxygens (including phenoxy) is 3. The molecule has 6 heteroatoms. The van der Waals surface area contributed by atoms with E-state index in [1.54, 1.807) is 19.2 Å². The van der Waals surface area contributed by atoms with E-state index in [2.05, 4.69) is 10.1 Å². The Bertz CT molecular complexity index is 388. The summed E-state index contributed by atoms with van der Waals surface area (Å²) in [5.74, 6) is 0.278. The highest BCUT2D eigenvalue weighted by molar-refractivity contribution is 5.55. The highest BCUT2D eigenvalue weighted by Crippen LogP contribution is 2.31. The van der Waals surface area contributed by atoms with Crippen molar-refractivity contribution >= 4 is 5.69 Å². The van der Waals surface area contributed by atoms with Crippen molar-refractivity contribution in [3.63, 3.8) is 0 Å². The number of rotatable bonds is 8. The normalized spacial score (nSPS) is 12.3. The Morgan fingerprint density at radius 2 is 1.95 bits per heavy atom. The van der Waals surface area contributed by atoms with E-state index in [9.17, 15) is 8.78 Å². The van der Waals surface area contributed by atoms with Crippen LogP contribution in [0.25, 0.3) is 0 Å². The van der Waals surface area contributed by atoms with Crippen LogP contribution in [0.4, 0.5) is 14.5 Å². The van der Waals surface area contributed by atoms with Crippen molar-refractivity contribution in [1.82, 2.24) is 0 Å². The molecular formula is C13H19F2NO3. The number of benzene rings is 1. The van der Waals surface area contributed by atoms with E-state index in [0.29, 0.717) is 12.3 Å². The van der Waals surface area contributed by atoms with Gasteiger partial charge in [-0.1, -0.05) is 6.92 Å². The lowest BCUT2D eigenvalue weighted by Gasteiger charge is -2.18. The number of hydrogen-bond donors (Lipinski definition) is 1. The van der Waals surface area contributed by atoms with Gasteiger partial charge in [0.2, 0.25) is 0 Å². The third kappa shape index (κ3) is 4.90. The van der Waals surface area contributed by atoms with Crippen LogP contribution < -0.4 is 14.8 Å². The van der Waals surface area contributed by atoms with Gasteiger partial charge < -0.3 is 19.5 Å². The minimum absolute atomic E-state index is 0.00905. The van der Waals surface area contributed by atoms with E-state index in [4.69, 9.17) is 9.47 Å². The maximum atomic E-state index is 12.3. The van der Waals surface area contributed by atoms with E-state index >= 15 is 0 Å². The Hall–Kier alpha value is -1.56. The summed E-state index contributed by atoms with van der Waals surface area (Å²) >= 11 is 0. The summed E-state index contributed by atoms with van der Waals surface area (Å²) in [5, 5.41) is 3.19. The standard InChI is InChI=1S/C13H19F2NO3/c1-4-9(8-17-2)16-10-5-6-11(18-3)12(7-10)19-13(14)15/h5-7,9,13,16H,4,8H2,1-3H3. The molecule has 0 aliphatic heterocycles. The molecule has 0 aliphatic rings. The summed E-state index contributed by atoms with van der Waals surface area (Å²) in [6.07, 6.45) is 0.852. The SMILES string of the molecule is CCC(COC)Nc1ccc(OC)c(OC(F)F)c1. The molecule has 19 heavy (non-hydrogen) atoms. The lowest BCUT2D eigenvalue weighted by molar-refractivity contribution is -0.0511. The van der Waals surface area contributed by atoms with Gasteiger partial charge in [0, 0.05) is 24.9 Å². The fourth-order valence-electron chi connectivity index (χ4n) is 1.65. The van der Waals surface area contributed by atoms with Gasteiger partial charge in [0.05, 0.1) is 13.7 Å². The molecule has 0 aliphatic carbocycles. The summed E-state index contributed by atoms with van der Waals surface area (Å²) in [7, 11) is 3.02. The van der Waals surface area contributed by atoms with Gasteiger partial charge in [-0.25, -0.2) is 0 Å². The molecule has 1 rings (SSSR count). The number of nitrogens with one attached hydrogen (secondary N) is 1. The fraction of sp³-hybridized carbons (Fsp3) is 0.538. The smallest absolute Gasteiger partial charge is 0.387 e. The van der Waals surface area contributed by atoms with Crippen molar-refractivity contribution in [2.45, 2.75) is 26.0 Å². The molecule has 0 saturated carbocycles. The molecule has 1 N–H and O–H groups in total. The van der Waals surface area contributed by atoms with Gasteiger partial charge in [0.15, 0.2) is 11.5 Å². The molecule has 0 spiro atoms. The molecule has 0 bridgehead atoms. The van der Waals surface area contributed by atoms with Crippen LogP contribution in [0, 0.1) is 0 Å². The topological polar surface area (TPSA) is 39.7 Å². The van der Waals surface area contributed by atoms with Crippen molar-refractivity contribution < 1.29 is 23.0 Å². The summed E-state index contributed by atoms with van der Waals surface area (Å²) in [4.78, 5) is 0. The van der Waals surface area contributed by atoms with E-state index in [1.807, 2.05) is 6.92 Å². The first-order valence-corrected chi connectivity index (χ1v) is 5.99. The van der Waals surface area contributed by atoms with Gasteiger partial charge in [0.1, 0.15) is 0 Å². The van der Waals surface area contributed by atoms with Gasteiger partial charge in [-0.15, -0.1) is 0 Å². The number of methoxy groups -OCH3 is 2. The largest absolute Gasteiger partial charge is 0.493 e. The van der Waals surface area contributed by atoms with E-state index in [0.717, 1.165) is 6.42 Å². The van der Waals surface area contributed by atoms with Crippen molar-refractivity contribution in [1.29, 1.82) is 0 Å². The fourth-order valence-corrected chi connectivity index (χ4v) is 1.65. The molecule has 108 valence electrons. The van der Waals surface area contributed by atoms with Crippen molar-refractivity contribution in [2.75, 3.05) is 26.1 Å². The molecule has 0 fully saturated rings. The average Bonchev–Trinajstić information content (AvgIpc) is 2.38. The van der Waals surface area contributed by atoms with Gasteiger partial charge in [-0.3, -0.25) is 0 Å². The first-order valence-electron chi connectivity index (χ1n) is 5.99. The Morgan fingerprint density at radius 3 is 2.47 bits per heavy atom. The molecular weight excluding hydrogens is 256 g/mol. The van der Waals surface area contributed by atoms with Gasteiger partial charge >= 0.3 is 6.61 Å². The van der Waals surface area contributed by atoms with Crippen LogP contribution >= 0.6 is 0 Å². The van der Waals surface area contributed by atoms with E-state index in [1.165, 1.54) is 13.2 Å². The molecule has 1 atom stereocenters. The first kappa shape index (κ1) is 15.5. The van der Waals surface area contributed by atoms with Gasteiger partial charge in [0.25, 0.3) is 0 Å². The van der Waals surface area contributed by atoms with Gasteiger partial charge in [-0.2, -0.15) is 8.78 Å². The second-order valence-electron chi connectivity index (χ2n) is 3.95. The zero-order chi connectivity index (χ0) is 14.3. The van der Waals surface area contributed by atoms with E-state index < -0.39 is 6.61 Å². The van der Waals surface area contributed by atoms with Crippen LogP contribution in [0.3, 0.4) is 0 Å². The number of anilines is 1. The Morgan fingerprint density at radius 1 is 1.21 bits per heavy atom. The number of halogens is 2. The van der Waals surface area contributed by atoms with Crippen molar-refractivity contribution in [3.05, 3.63) is 18.2 Å². The summed E-state index contributed by atoms with van der Waals surface area (Å²) in [5.41, 5.74) is 0.681. The van der Waals surface area contributed by atoms with Crippen LogP contribution in [0.5, 0.6) is 11.5 Å². The van der Waals surface area contributed by atoms with E-state index in [-0.39, 0.29) is 17.5 Å². The average molecular weight is 275 g/mol. The summed E-state index contributed by atoms with van der Waals surface area (Å²) in [6, 6.07) is 4.93. The minimum Gasteiger partial charge on any atom is -0.493 e. The highest BCUT2D eigenvalue weighted by Gasteiger charge is 2.13. The third-order valence-corrected chi connectivity index (χ3v) is 2.61. The number of hydrogen-bond acceptors (Lipinski definition) is 4. The van der Waals surface area contributed by atoms with Crippen molar-refractivity contribution in [3.8, 4) is 11.5 Å². The molecule has 0 amide bonds.